The number of aromatic nitrogens is 1. The molecule has 1 aromatic heterocycles. The van der Waals surface area contributed by atoms with Gasteiger partial charge in [-0.3, -0.25) is 20.0 Å². The number of benzene rings is 2. The maximum atomic E-state index is 13.6. The Morgan fingerprint density at radius 3 is 2.54 bits per heavy atom. The number of nitrogens with zero attached hydrogens (tertiary/aromatic N) is 3. The lowest BCUT2D eigenvalue weighted by Gasteiger charge is -2.43. The Hall–Kier alpha value is -4.90. The Labute approximate surface area is 227 Å². The summed E-state index contributed by atoms with van der Waals surface area (Å²) in [5.41, 5.74) is 12.4. The van der Waals surface area contributed by atoms with Crippen LogP contribution in [0.4, 0.5) is 0 Å². The van der Waals surface area contributed by atoms with Crippen LogP contribution in [0.3, 0.4) is 0 Å². The molecule has 2 aromatic carbocycles. The molecule has 0 fully saturated rings. The smallest absolute Gasteiger partial charge is 0.271 e. The van der Waals surface area contributed by atoms with Gasteiger partial charge in [0, 0.05) is 24.4 Å². The maximum Gasteiger partial charge on any atom is 0.271 e. The molecular formula is C31H29N5O3. The molecule has 2 heterocycles. The highest BCUT2D eigenvalue weighted by molar-refractivity contribution is 6.00. The number of ketones is 1. The number of carbonyl (C=O) groups is 2. The van der Waals surface area contributed by atoms with Gasteiger partial charge in [-0.05, 0) is 47.2 Å². The highest BCUT2D eigenvalue weighted by Gasteiger charge is 2.44. The van der Waals surface area contributed by atoms with Crippen molar-refractivity contribution in [2.45, 2.75) is 39.2 Å². The Kier molecular flexibility index (Phi) is 6.90. The van der Waals surface area contributed by atoms with Gasteiger partial charge in [0.05, 0.1) is 28.8 Å². The number of hydrogen-bond acceptors (Lipinski definition) is 7. The molecule has 8 nitrogen and oxygen atoms in total. The number of nitrogens with one attached hydrogen (secondary N) is 1. The second kappa shape index (κ2) is 10.5. The summed E-state index contributed by atoms with van der Waals surface area (Å²) >= 11 is 0. The Morgan fingerprint density at radius 1 is 1.13 bits per heavy atom. The van der Waals surface area contributed by atoms with E-state index in [1.807, 2.05) is 68.4 Å². The van der Waals surface area contributed by atoms with Crippen LogP contribution in [0.1, 0.15) is 54.1 Å². The van der Waals surface area contributed by atoms with Crippen molar-refractivity contribution < 1.29 is 14.3 Å². The number of nitriles is 1. The molecule has 1 aliphatic heterocycles. The summed E-state index contributed by atoms with van der Waals surface area (Å²) < 4.78 is 5.93. The summed E-state index contributed by atoms with van der Waals surface area (Å²) in [5, 5.41) is 11.6. The third kappa shape index (κ3) is 5.25. The number of amides is 1. The van der Waals surface area contributed by atoms with Crippen molar-refractivity contribution in [3.05, 3.63) is 118 Å². The third-order valence-corrected chi connectivity index (χ3v) is 6.98. The Balaban J connectivity index is 1.50. The second-order valence-corrected chi connectivity index (χ2v) is 10.5. The van der Waals surface area contributed by atoms with Gasteiger partial charge in [0.15, 0.2) is 5.78 Å². The fourth-order valence-corrected chi connectivity index (χ4v) is 5.13. The van der Waals surface area contributed by atoms with E-state index in [9.17, 15) is 14.9 Å². The quantitative estimate of drug-likeness (QED) is 0.482. The molecule has 1 atom stereocenters. The SMILES string of the molecule is CC1(C)CC(=O)C2=C(C1)N(NC(=O)c1cccnc1)C(N)=C(C#N)C2c1ccc(OCc2ccccc2)cc1. The van der Waals surface area contributed by atoms with Crippen LogP contribution in [0.5, 0.6) is 5.75 Å². The van der Waals surface area contributed by atoms with Gasteiger partial charge in [-0.2, -0.15) is 5.26 Å². The number of nitrogens with two attached hydrogens (primary N) is 1. The van der Waals surface area contributed by atoms with E-state index in [4.69, 9.17) is 10.5 Å². The van der Waals surface area contributed by atoms with E-state index in [-0.39, 0.29) is 22.6 Å². The first-order valence-corrected chi connectivity index (χ1v) is 12.7. The van der Waals surface area contributed by atoms with Crippen molar-refractivity contribution in [1.29, 1.82) is 5.26 Å². The van der Waals surface area contributed by atoms with Gasteiger partial charge >= 0.3 is 0 Å². The molecule has 0 radical (unpaired) electrons. The minimum Gasteiger partial charge on any atom is -0.489 e. The fourth-order valence-electron chi connectivity index (χ4n) is 5.13. The lowest BCUT2D eigenvalue weighted by atomic mass is 9.69. The van der Waals surface area contributed by atoms with Crippen molar-refractivity contribution in [1.82, 2.24) is 15.4 Å². The summed E-state index contributed by atoms with van der Waals surface area (Å²) in [4.78, 5) is 30.7. The molecule has 8 heteroatoms. The molecule has 3 N–H and O–H groups in total. The molecular weight excluding hydrogens is 490 g/mol. The van der Waals surface area contributed by atoms with E-state index < -0.39 is 11.8 Å². The van der Waals surface area contributed by atoms with Gasteiger partial charge in [0.2, 0.25) is 0 Å². The predicted octanol–water partition coefficient (Wildman–Crippen LogP) is 4.74. The van der Waals surface area contributed by atoms with Crippen LogP contribution in [-0.4, -0.2) is 21.7 Å². The first-order chi connectivity index (χ1) is 18.8. The van der Waals surface area contributed by atoms with Crippen LogP contribution in [0.15, 0.2) is 102 Å². The first kappa shape index (κ1) is 25.7. The van der Waals surface area contributed by atoms with Crippen LogP contribution >= 0.6 is 0 Å². The zero-order valence-electron chi connectivity index (χ0n) is 21.8. The van der Waals surface area contributed by atoms with Gasteiger partial charge < -0.3 is 10.5 Å². The Morgan fingerprint density at radius 2 is 1.87 bits per heavy atom. The number of hydrogen-bond donors (Lipinski definition) is 2. The van der Waals surface area contributed by atoms with Crippen molar-refractivity contribution in [2.75, 3.05) is 0 Å². The topological polar surface area (TPSA) is 121 Å². The zero-order valence-corrected chi connectivity index (χ0v) is 21.8. The van der Waals surface area contributed by atoms with Crippen LogP contribution in [0.2, 0.25) is 0 Å². The van der Waals surface area contributed by atoms with E-state index in [2.05, 4.69) is 16.5 Å². The first-order valence-electron chi connectivity index (χ1n) is 12.7. The minimum atomic E-state index is -0.650. The predicted molar refractivity (Wildman–Crippen MR) is 145 cm³/mol. The van der Waals surface area contributed by atoms with Gasteiger partial charge in [0.1, 0.15) is 18.2 Å². The highest BCUT2D eigenvalue weighted by Crippen LogP contribution is 2.48. The molecule has 39 heavy (non-hydrogen) atoms. The minimum absolute atomic E-state index is 0.0727. The van der Waals surface area contributed by atoms with Crippen LogP contribution in [-0.2, 0) is 11.4 Å². The average Bonchev–Trinajstić information content (AvgIpc) is 2.94. The molecule has 1 aliphatic carbocycles. The van der Waals surface area contributed by atoms with Crippen molar-refractivity contribution in [3.63, 3.8) is 0 Å². The summed E-state index contributed by atoms with van der Waals surface area (Å²) in [6.45, 7) is 4.43. The normalized spacial score (nSPS) is 18.3. The Bertz CT molecular complexity index is 1500. The van der Waals surface area contributed by atoms with Crippen LogP contribution < -0.4 is 15.9 Å². The summed E-state index contributed by atoms with van der Waals surface area (Å²) in [7, 11) is 0. The summed E-state index contributed by atoms with van der Waals surface area (Å²) in [6.07, 6.45) is 3.84. The second-order valence-electron chi connectivity index (χ2n) is 10.5. The molecule has 1 unspecified atom stereocenters. The lowest BCUT2D eigenvalue weighted by molar-refractivity contribution is -0.118. The molecule has 0 saturated heterocycles. The number of rotatable bonds is 6. The number of hydrazine groups is 1. The molecule has 3 aromatic rings. The van der Waals surface area contributed by atoms with E-state index in [0.717, 1.165) is 11.1 Å². The molecule has 0 bridgehead atoms. The fraction of sp³-hybridized carbons (Fsp3) is 0.226. The average molecular weight is 520 g/mol. The molecule has 196 valence electrons. The molecule has 5 rings (SSSR count). The van der Waals surface area contributed by atoms with Crippen molar-refractivity contribution in [2.24, 2.45) is 11.1 Å². The van der Waals surface area contributed by atoms with Gasteiger partial charge in [-0.25, -0.2) is 5.01 Å². The van der Waals surface area contributed by atoms with Gasteiger partial charge in [0.25, 0.3) is 5.91 Å². The van der Waals surface area contributed by atoms with E-state index >= 15 is 0 Å². The van der Waals surface area contributed by atoms with Crippen molar-refractivity contribution in [3.8, 4) is 11.8 Å². The summed E-state index contributed by atoms with van der Waals surface area (Å²) in [5.74, 6) is -0.401. The largest absolute Gasteiger partial charge is 0.489 e. The van der Waals surface area contributed by atoms with Crippen LogP contribution in [0, 0.1) is 16.7 Å². The third-order valence-electron chi connectivity index (χ3n) is 6.98. The van der Waals surface area contributed by atoms with E-state index in [1.165, 1.54) is 11.2 Å². The maximum absolute atomic E-state index is 13.6. The number of ether oxygens (including phenoxy) is 1. The monoisotopic (exact) mass is 519 g/mol. The lowest BCUT2D eigenvalue weighted by Crippen LogP contribution is -2.49. The number of pyridine rings is 1. The molecule has 2 aliphatic rings. The van der Waals surface area contributed by atoms with E-state index in [1.54, 1.807) is 18.3 Å². The van der Waals surface area contributed by atoms with Crippen LogP contribution in [0.25, 0.3) is 0 Å². The van der Waals surface area contributed by atoms with Gasteiger partial charge in [-0.15, -0.1) is 0 Å². The molecule has 0 spiro atoms. The summed E-state index contributed by atoms with van der Waals surface area (Å²) in [6, 6.07) is 22.7. The highest BCUT2D eigenvalue weighted by atomic mass is 16.5. The molecule has 0 saturated carbocycles. The number of allylic oxidation sites excluding steroid dienone is 3. The number of Topliss-reactive ketones (excluding diaryl/α,β-unsaturated/α-hetero) is 1. The van der Waals surface area contributed by atoms with Crippen molar-refractivity contribution >= 4 is 11.7 Å². The number of carbonyl (C=O) groups excluding carboxylic acids is 2. The van der Waals surface area contributed by atoms with Gasteiger partial charge in [-0.1, -0.05) is 56.3 Å². The molecule has 1 amide bonds. The zero-order chi connectivity index (χ0) is 27.6. The van der Waals surface area contributed by atoms with E-state index in [0.29, 0.717) is 42.0 Å². The standard InChI is InChI=1S/C31H29N5O3/c1-31(2)15-25-28(26(37)16-31)27(21-10-12-23(13-11-21)39-19-20-7-4-3-5-8-20)24(17-32)29(33)36(25)35-30(38)22-9-6-14-34-18-22/h3-14,18,27H,15-16,19,33H2,1-2H3,(H,35,38).